The Morgan fingerprint density at radius 1 is 0.921 bits per heavy atom. The van der Waals surface area contributed by atoms with Gasteiger partial charge in [-0.05, 0) is 36.4 Å². The Morgan fingerprint density at radius 3 is 2.24 bits per heavy atom. The highest BCUT2D eigenvalue weighted by molar-refractivity contribution is 6.33. The Bertz CT molecular complexity index is 1320. The lowest BCUT2D eigenvalue weighted by Gasteiger charge is -2.19. The number of esters is 1. The van der Waals surface area contributed by atoms with Crippen LogP contribution in [0.4, 0.5) is 18.9 Å². The van der Waals surface area contributed by atoms with Crippen molar-refractivity contribution in [1.29, 1.82) is 0 Å². The molecule has 0 saturated heterocycles. The molecule has 3 aromatic rings. The Balaban J connectivity index is 1.73. The summed E-state index contributed by atoms with van der Waals surface area (Å²) in [5, 5.41) is 4.51. The van der Waals surface area contributed by atoms with Gasteiger partial charge in [0.1, 0.15) is 6.54 Å². The number of hydrogen-bond acceptors (Lipinski definition) is 6. The molecule has 8 nitrogen and oxygen atoms in total. The van der Waals surface area contributed by atoms with Gasteiger partial charge in [-0.2, -0.15) is 13.2 Å². The van der Waals surface area contributed by atoms with E-state index >= 15 is 0 Å². The number of rotatable bonds is 9. The molecule has 2 amide bonds. The number of anilines is 1. The SMILES string of the molecule is COc1ccc(C(=O)NCC(=O)O[C@@H](C(=O)Nc2cc(C(F)(F)F)ccc2Cl)c2ccccc2)cc1OC. The van der Waals surface area contributed by atoms with Crippen LogP contribution in [0.1, 0.15) is 27.6 Å². The van der Waals surface area contributed by atoms with Crippen LogP contribution in [-0.2, 0) is 20.5 Å². The van der Waals surface area contributed by atoms with Crippen LogP contribution in [0.25, 0.3) is 0 Å². The number of benzene rings is 3. The zero-order valence-corrected chi connectivity index (χ0v) is 20.9. The molecule has 0 heterocycles. The number of ether oxygens (including phenoxy) is 3. The largest absolute Gasteiger partial charge is 0.493 e. The van der Waals surface area contributed by atoms with E-state index in [1.807, 2.05) is 0 Å². The van der Waals surface area contributed by atoms with E-state index in [-0.39, 0.29) is 21.8 Å². The maximum atomic E-state index is 13.1. The Morgan fingerprint density at radius 2 is 1.61 bits per heavy atom. The highest BCUT2D eigenvalue weighted by Crippen LogP contribution is 2.34. The molecular formula is C26H22ClF3N2O6. The minimum Gasteiger partial charge on any atom is -0.493 e. The molecule has 0 aliphatic rings. The molecule has 0 aromatic heterocycles. The second-order valence-corrected chi connectivity index (χ2v) is 8.12. The molecule has 12 heteroatoms. The number of carbonyl (C=O) groups excluding carboxylic acids is 3. The monoisotopic (exact) mass is 550 g/mol. The van der Waals surface area contributed by atoms with Gasteiger partial charge >= 0.3 is 12.1 Å². The first-order valence-electron chi connectivity index (χ1n) is 11.0. The summed E-state index contributed by atoms with van der Waals surface area (Å²) in [5.74, 6) is -1.84. The van der Waals surface area contributed by atoms with E-state index in [9.17, 15) is 27.6 Å². The van der Waals surface area contributed by atoms with Gasteiger partial charge in [0.05, 0.1) is 30.5 Å². The lowest BCUT2D eigenvalue weighted by molar-refractivity contribution is -0.153. The summed E-state index contributed by atoms with van der Waals surface area (Å²) in [7, 11) is 2.84. The predicted octanol–water partition coefficient (Wildman–Crippen LogP) is 5.03. The fourth-order valence-electron chi connectivity index (χ4n) is 3.30. The maximum Gasteiger partial charge on any atom is 0.416 e. The standard InChI is InChI=1S/C26H22ClF3N2O6/c1-36-20-11-8-16(12-21(20)37-2)24(34)31-14-22(33)38-23(15-6-4-3-5-7-15)25(35)32-19-13-17(26(28,29)30)9-10-18(19)27/h3-13,23H,14H2,1-2H3,(H,31,34)(H,32,35)/t23-/m1/s1. The lowest BCUT2D eigenvalue weighted by atomic mass is 10.1. The molecule has 0 spiro atoms. The average molecular weight is 551 g/mol. The molecule has 0 unspecified atom stereocenters. The van der Waals surface area contributed by atoms with Crippen LogP contribution >= 0.6 is 11.6 Å². The Hall–Kier alpha value is -4.25. The molecular weight excluding hydrogens is 529 g/mol. The van der Waals surface area contributed by atoms with Gasteiger partial charge in [0, 0.05) is 11.1 Å². The predicted molar refractivity (Wildman–Crippen MR) is 132 cm³/mol. The number of alkyl halides is 3. The normalized spacial score (nSPS) is 11.7. The molecule has 0 saturated carbocycles. The Kier molecular flexibility index (Phi) is 9.19. The van der Waals surface area contributed by atoms with Crippen molar-refractivity contribution in [2.24, 2.45) is 0 Å². The first-order valence-corrected chi connectivity index (χ1v) is 11.3. The fraction of sp³-hybridized carbons (Fsp3) is 0.192. The molecule has 0 fully saturated rings. The summed E-state index contributed by atoms with van der Waals surface area (Å²) in [6.07, 6.45) is -6.21. The van der Waals surface area contributed by atoms with Gasteiger partial charge in [0.25, 0.3) is 11.8 Å². The van der Waals surface area contributed by atoms with Crippen LogP contribution < -0.4 is 20.1 Å². The average Bonchev–Trinajstić information content (AvgIpc) is 2.90. The van der Waals surface area contributed by atoms with Crippen LogP contribution in [0, 0.1) is 0 Å². The number of halogens is 4. The maximum absolute atomic E-state index is 13.1. The van der Waals surface area contributed by atoms with Crippen LogP contribution in [-0.4, -0.2) is 38.5 Å². The van der Waals surface area contributed by atoms with Crippen molar-refractivity contribution in [1.82, 2.24) is 5.32 Å². The third-order valence-corrected chi connectivity index (χ3v) is 5.51. The van der Waals surface area contributed by atoms with Crippen molar-refractivity contribution in [3.8, 4) is 11.5 Å². The van der Waals surface area contributed by atoms with E-state index in [1.165, 1.54) is 44.6 Å². The van der Waals surface area contributed by atoms with Crippen molar-refractivity contribution in [3.63, 3.8) is 0 Å². The molecule has 3 rings (SSSR count). The van der Waals surface area contributed by atoms with Gasteiger partial charge in [-0.15, -0.1) is 0 Å². The second-order valence-electron chi connectivity index (χ2n) is 7.71. The summed E-state index contributed by atoms with van der Waals surface area (Å²) in [4.78, 5) is 38.1. The molecule has 38 heavy (non-hydrogen) atoms. The smallest absolute Gasteiger partial charge is 0.416 e. The summed E-state index contributed by atoms with van der Waals surface area (Å²) in [5.41, 5.74) is -0.923. The van der Waals surface area contributed by atoms with Gasteiger partial charge in [0.2, 0.25) is 6.10 Å². The number of nitrogens with one attached hydrogen (secondary N) is 2. The van der Waals surface area contributed by atoms with Crippen LogP contribution in [0.3, 0.4) is 0 Å². The van der Waals surface area contributed by atoms with Crippen molar-refractivity contribution in [2.45, 2.75) is 12.3 Å². The highest BCUT2D eigenvalue weighted by atomic mass is 35.5. The first-order chi connectivity index (χ1) is 18.0. The number of hydrogen-bond donors (Lipinski definition) is 2. The minimum atomic E-state index is -4.67. The lowest BCUT2D eigenvalue weighted by Crippen LogP contribution is -2.33. The van der Waals surface area contributed by atoms with Crippen LogP contribution in [0.2, 0.25) is 5.02 Å². The van der Waals surface area contributed by atoms with Crippen molar-refractivity contribution < 1.29 is 41.8 Å². The van der Waals surface area contributed by atoms with E-state index in [4.69, 9.17) is 25.8 Å². The molecule has 2 N–H and O–H groups in total. The van der Waals surface area contributed by atoms with E-state index in [0.717, 1.165) is 12.1 Å². The van der Waals surface area contributed by atoms with Gasteiger partial charge < -0.3 is 24.8 Å². The van der Waals surface area contributed by atoms with Crippen molar-refractivity contribution in [3.05, 3.63) is 88.4 Å². The van der Waals surface area contributed by atoms with Crippen LogP contribution in [0.15, 0.2) is 66.7 Å². The molecule has 0 bridgehead atoms. The fourth-order valence-corrected chi connectivity index (χ4v) is 3.47. The molecule has 1 atom stereocenters. The molecule has 3 aromatic carbocycles. The van der Waals surface area contributed by atoms with Gasteiger partial charge in [-0.25, -0.2) is 0 Å². The Labute approximate surface area is 220 Å². The van der Waals surface area contributed by atoms with Gasteiger partial charge in [0.15, 0.2) is 11.5 Å². The third kappa shape index (κ3) is 7.16. The molecule has 0 aliphatic carbocycles. The summed E-state index contributed by atoms with van der Waals surface area (Å²) in [6.45, 7) is -0.603. The van der Waals surface area contributed by atoms with Crippen molar-refractivity contribution >= 4 is 35.1 Å². The topological polar surface area (TPSA) is 103 Å². The molecule has 200 valence electrons. The van der Waals surface area contributed by atoms with E-state index < -0.39 is 42.2 Å². The van der Waals surface area contributed by atoms with E-state index in [2.05, 4.69) is 10.6 Å². The zero-order chi connectivity index (χ0) is 27.9. The zero-order valence-electron chi connectivity index (χ0n) is 20.1. The third-order valence-electron chi connectivity index (χ3n) is 5.18. The van der Waals surface area contributed by atoms with E-state index in [0.29, 0.717) is 17.6 Å². The first kappa shape index (κ1) is 28.3. The summed E-state index contributed by atoms with van der Waals surface area (Å²) >= 11 is 5.98. The second kappa shape index (κ2) is 12.3. The quantitative estimate of drug-likeness (QED) is 0.362. The van der Waals surface area contributed by atoms with E-state index in [1.54, 1.807) is 18.2 Å². The molecule has 0 aliphatic heterocycles. The summed E-state index contributed by atoms with van der Waals surface area (Å²) < 4.78 is 54.9. The number of methoxy groups -OCH3 is 2. The minimum absolute atomic E-state index is 0.147. The highest BCUT2D eigenvalue weighted by Gasteiger charge is 2.32. The van der Waals surface area contributed by atoms with Gasteiger partial charge in [-0.1, -0.05) is 41.9 Å². The van der Waals surface area contributed by atoms with Gasteiger partial charge in [-0.3, -0.25) is 14.4 Å². The molecule has 0 radical (unpaired) electrons. The van der Waals surface area contributed by atoms with Crippen molar-refractivity contribution in [2.75, 3.05) is 26.1 Å². The number of amides is 2. The summed E-state index contributed by atoms with van der Waals surface area (Å²) in [6, 6.07) is 14.6. The number of carbonyl (C=O) groups is 3. The van der Waals surface area contributed by atoms with Crippen LogP contribution in [0.5, 0.6) is 11.5 Å².